The minimum Gasteiger partial charge on any atom is -0.396 e. The number of rotatable bonds is 3. The molecule has 17 heavy (non-hydrogen) atoms. The third-order valence-corrected chi connectivity index (χ3v) is 4.28. The van der Waals surface area contributed by atoms with Crippen molar-refractivity contribution >= 4 is 5.91 Å². The van der Waals surface area contributed by atoms with Crippen LogP contribution in [0.15, 0.2) is 0 Å². The molecule has 2 fully saturated rings. The fourth-order valence-electron chi connectivity index (χ4n) is 2.94. The van der Waals surface area contributed by atoms with Gasteiger partial charge in [0.2, 0.25) is 5.91 Å². The second kappa shape index (κ2) is 5.83. The van der Waals surface area contributed by atoms with Gasteiger partial charge < -0.3 is 15.3 Å². The Balaban J connectivity index is 1.80. The number of carbonyl (C=O) groups excluding carboxylic acids is 1. The predicted molar refractivity (Wildman–Crippen MR) is 66.5 cm³/mol. The third kappa shape index (κ3) is 3.19. The van der Waals surface area contributed by atoms with Gasteiger partial charge in [-0.2, -0.15) is 0 Å². The highest BCUT2D eigenvalue weighted by Gasteiger charge is 2.32. The maximum atomic E-state index is 12.1. The molecule has 2 atom stereocenters. The van der Waals surface area contributed by atoms with Crippen molar-refractivity contribution in [3.05, 3.63) is 0 Å². The number of nitrogens with zero attached hydrogens (tertiary/aromatic N) is 1. The molecule has 2 rings (SSSR count). The highest BCUT2D eigenvalue weighted by atomic mass is 16.3. The van der Waals surface area contributed by atoms with Crippen LogP contribution in [0, 0.1) is 17.8 Å². The largest absolute Gasteiger partial charge is 0.396 e. The van der Waals surface area contributed by atoms with Gasteiger partial charge in [0, 0.05) is 32.0 Å². The fourth-order valence-corrected chi connectivity index (χ4v) is 2.94. The molecule has 0 saturated carbocycles. The fraction of sp³-hybridized carbons (Fsp3) is 0.923. The minimum atomic E-state index is 0.207. The van der Waals surface area contributed by atoms with E-state index in [2.05, 4.69) is 12.2 Å². The Hall–Kier alpha value is -0.610. The molecule has 1 amide bonds. The van der Waals surface area contributed by atoms with Gasteiger partial charge in [0.05, 0.1) is 0 Å². The highest BCUT2D eigenvalue weighted by molar-refractivity contribution is 5.76. The van der Waals surface area contributed by atoms with Gasteiger partial charge in [0.25, 0.3) is 0 Å². The van der Waals surface area contributed by atoms with E-state index in [1.165, 1.54) is 0 Å². The normalized spacial score (nSPS) is 30.8. The van der Waals surface area contributed by atoms with Crippen LogP contribution >= 0.6 is 0 Å². The van der Waals surface area contributed by atoms with Crippen LogP contribution in [0.2, 0.25) is 0 Å². The van der Waals surface area contributed by atoms with Gasteiger partial charge in [0.1, 0.15) is 0 Å². The molecular weight excluding hydrogens is 216 g/mol. The number of nitrogens with one attached hydrogen (secondary N) is 1. The Morgan fingerprint density at radius 1 is 1.35 bits per heavy atom. The molecule has 2 aliphatic rings. The lowest BCUT2D eigenvalue weighted by Gasteiger charge is -2.24. The lowest BCUT2D eigenvalue weighted by atomic mass is 9.94. The molecule has 0 aromatic rings. The van der Waals surface area contributed by atoms with Gasteiger partial charge in [-0.05, 0) is 37.8 Å². The van der Waals surface area contributed by atoms with Crippen LogP contribution in [0.1, 0.15) is 26.2 Å². The molecule has 2 aliphatic heterocycles. The SMILES string of the molecule is C[C@H]1CN(C(=O)CC2CCNCC2)C[C@@H]1CO. The standard InChI is InChI=1S/C13H24N2O2/c1-10-7-15(8-12(10)9-16)13(17)6-11-2-4-14-5-3-11/h10-12,14,16H,2-9H2,1H3/t10-,12+/m0/s1. The van der Waals surface area contributed by atoms with Crippen LogP contribution in [0.3, 0.4) is 0 Å². The molecule has 0 aromatic heterocycles. The van der Waals surface area contributed by atoms with Crippen LogP contribution in [0.25, 0.3) is 0 Å². The van der Waals surface area contributed by atoms with Crippen molar-refractivity contribution in [2.75, 3.05) is 32.8 Å². The summed E-state index contributed by atoms with van der Waals surface area (Å²) in [4.78, 5) is 14.1. The molecule has 0 unspecified atom stereocenters. The summed E-state index contributed by atoms with van der Waals surface area (Å²) in [5.74, 6) is 1.58. The number of carbonyl (C=O) groups is 1. The summed E-state index contributed by atoms with van der Waals surface area (Å²) in [6.07, 6.45) is 2.95. The van der Waals surface area contributed by atoms with E-state index in [-0.39, 0.29) is 12.5 Å². The molecule has 2 saturated heterocycles. The zero-order valence-corrected chi connectivity index (χ0v) is 10.7. The number of hydrogen-bond acceptors (Lipinski definition) is 3. The van der Waals surface area contributed by atoms with Crippen LogP contribution < -0.4 is 5.32 Å². The number of piperidine rings is 1. The van der Waals surface area contributed by atoms with Gasteiger partial charge in [-0.1, -0.05) is 6.92 Å². The van der Waals surface area contributed by atoms with Gasteiger partial charge >= 0.3 is 0 Å². The van der Waals surface area contributed by atoms with Crippen molar-refractivity contribution in [3.8, 4) is 0 Å². The summed E-state index contributed by atoms with van der Waals surface area (Å²) < 4.78 is 0. The monoisotopic (exact) mass is 240 g/mol. The summed E-state index contributed by atoms with van der Waals surface area (Å²) in [5, 5.41) is 12.5. The van der Waals surface area contributed by atoms with E-state index in [9.17, 15) is 9.90 Å². The molecule has 0 aliphatic carbocycles. The van der Waals surface area contributed by atoms with E-state index in [1.54, 1.807) is 0 Å². The summed E-state index contributed by atoms with van der Waals surface area (Å²) in [5.41, 5.74) is 0. The first-order valence-electron chi connectivity index (χ1n) is 6.80. The number of hydrogen-bond donors (Lipinski definition) is 2. The van der Waals surface area contributed by atoms with Crippen molar-refractivity contribution in [1.29, 1.82) is 0 Å². The third-order valence-electron chi connectivity index (χ3n) is 4.28. The Bertz CT molecular complexity index is 264. The van der Waals surface area contributed by atoms with E-state index in [4.69, 9.17) is 0 Å². The molecule has 0 spiro atoms. The summed E-state index contributed by atoms with van der Waals surface area (Å²) in [6.45, 7) is 6.01. The second-order valence-corrected chi connectivity index (χ2v) is 5.62. The van der Waals surface area contributed by atoms with E-state index in [0.717, 1.165) is 39.0 Å². The topological polar surface area (TPSA) is 52.6 Å². The maximum absolute atomic E-state index is 12.1. The van der Waals surface area contributed by atoms with Crippen molar-refractivity contribution in [2.45, 2.75) is 26.2 Å². The number of aliphatic hydroxyl groups excluding tert-OH is 1. The molecule has 0 aromatic carbocycles. The average molecular weight is 240 g/mol. The summed E-state index contributed by atoms with van der Waals surface area (Å²) in [7, 11) is 0. The first-order valence-corrected chi connectivity index (χ1v) is 6.80. The van der Waals surface area contributed by atoms with E-state index < -0.39 is 0 Å². The molecule has 4 heteroatoms. The van der Waals surface area contributed by atoms with Crippen molar-refractivity contribution in [3.63, 3.8) is 0 Å². The average Bonchev–Trinajstić information content (AvgIpc) is 2.72. The van der Waals surface area contributed by atoms with E-state index in [0.29, 0.717) is 24.2 Å². The second-order valence-electron chi connectivity index (χ2n) is 5.62. The van der Waals surface area contributed by atoms with Crippen LogP contribution in [-0.2, 0) is 4.79 Å². The predicted octanol–water partition coefficient (Wildman–Crippen LogP) is 0.463. The van der Waals surface area contributed by atoms with Crippen molar-refractivity contribution in [1.82, 2.24) is 10.2 Å². The maximum Gasteiger partial charge on any atom is 0.222 e. The van der Waals surface area contributed by atoms with Crippen molar-refractivity contribution in [2.24, 2.45) is 17.8 Å². The minimum absolute atomic E-state index is 0.207. The van der Waals surface area contributed by atoms with E-state index >= 15 is 0 Å². The molecule has 2 heterocycles. The van der Waals surface area contributed by atoms with Crippen LogP contribution in [0.4, 0.5) is 0 Å². The Kier molecular flexibility index (Phi) is 4.40. The lowest BCUT2D eigenvalue weighted by molar-refractivity contribution is -0.131. The van der Waals surface area contributed by atoms with E-state index in [1.807, 2.05) is 4.90 Å². The molecule has 2 N–H and O–H groups in total. The number of amides is 1. The highest BCUT2D eigenvalue weighted by Crippen LogP contribution is 2.25. The summed E-state index contributed by atoms with van der Waals surface area (Å²) >= 11 is 0. The Morgan fingerprint density at radius 2 is 2.06 bits per heavy atom. The summed E-state index contributed by atoms with van der Waals surface area (Å²) in [6, 6.07) is 0. The van der Waals surface area contributed by atoms with Gasteiger partial charge in [-0.3, -0.25) is 4.79 Å². The molecule has 98 valence electrons. The molecule has 0 radical (unpaired) electrons. The van der Waals surface area contributed by atoms with Gasteiger partial charge in [-0.25, -0.2) is 0 Å². The molecule has 4 nitrogen and oxygen atoms in total. The zero-order valence-electron chi connectivity index (χ0n) is 10.7. The Labute approximate surface area is 103 Å². The first kappa shape index (κ1) is 12.8. The lowest BCUT2D eigenvalue weighted by Crippen LogP contribution is -2.34. The number of aliphatic hydroxyl groups is 1. The van der Waals surface area contributed by atoms with Crippen LogP contribution in [0.5, 0.6) is 0 Å². The van der Waals surface area contributed by atoms with Gasteiger partial charge in [0.15, 0.2) is 0 Å². The number of likely N-dealkylation sites (tertiary alicyclic amines) is 1. The smallest absolute Gasteiger partial charge is 0.222 e. The Morgan fingerprint density at radius 3 is 2.65 bits per heavy atom. The van der Waals surface area contributed by atoms with Crippen LogP contribution in [-0.4, -0.2) is 48.7 Å². The zero-order chi connectivity index (χ0) is 12.3. The quantitative estimate of drug-likeness (QED) is 0.753. The molecular formula is C13H24N2O2. The van der Waals surface area contributed by atoms with Crippen molar-refractivity contribution < 1.29 is 9.90 Å². The first-order chi connectivity index (χ1) is 8.20. The van der Waals surface area contributed by atoms with Gasteiger partial charge in [-0.15, -0.1) is 0 Å². The molecule has 0 bridgehead atoms.